The van der Waals surface area contributed by atoms with E-state index >= 15 is 0 Å². The van der Waals surface area contributed by atoms with Crippen molar-refractivity contribution in [1.82, 2.24) is 9.80 Å². The van der Waals surface area contributed by atoms with E-state index in [-0.39, 0.29) is 0 Å². The molecule has 2 heterocycles. The molecule has 1 atom stereocenters. The van der Waals surface area contributed by atoms with Gasteiger partial charge < -0.3 is 0 Å². The highest BCUT2D eigenvalue weighted by molar-refractivity contribution is 4.78. The van der Waals surface area contributed by atoms with Crippen molar-refractivity contribution in [2.75, 3.05) is 26.7 Å². The lowest BCUT2D eigenvalue weighted by Gasteiger charge is -2.38. The van der Waals surface area contributed by atoms with Gasteiger partial charge in [-0.15, -0.1) is 0 Å². The highest BCUT2D eigenvalue weighted by Crippen LogP contribution is 2.22. The maximum atomic E-state index is 2.67. The predicted molar refractivity (Wildman–Crippen MR) is 51.1 cm³/mol. The monoisotopic (exact) mass is 168 g/mol. The zero-order chi connectivity index (χ0) is 8.39. The van der Waals surface area contributed by atoms with Crippen LogP contribution in [0, 0.1) is 0 Å². The van der Waals surface area contributed by atoms with E-state index in [1.807, 2.05) is 0 Å². The molecule has 0 aromatic rings. The lowest BCUT2D eigenvalue weighted by atomic mass is 10.1. The van der Waals surface area contributed by atoms with Gasteiger partial charge in [-0.05, 0) is 58.8 Å². The maximum absolute atomic E-state index is 2.67. The van der Waals surface area contributed by atoms with Gasteiger partial charge in [-0.2, -0.15) is 0 Å². The molecule has 0 spiro atoms. The topological polar surface area (TPSA) is 6.48 Å². The summed E-state index contributed by atoms with van der Waals surface area (Å²) < 4.78 is 0. The Bertz CT molecular complexity index is 141. The molecule has 0 aliphatic carbocycles. The van der Waals surface area contributed by atoms with E-state index in [0.717, 1.165) is 6.17 Å². The quantitative estimate of drug-likeness (QED) is 0.586. The fourth-order valence-electron chi connectivity index (χ4n) is 2.56. The standard InChI is InChI=1S/C10H20N2/c1-11-7-3-2-6-10(11)12-8-4-5-9-12/h10H,2-9H2,1H3/t10-/m0/s1. The molecule has 0 bridgehead atoms. The Balaban J connectivity index is 1.91. The third kappa shape index (κ3) is 1.64. The number of rotatable bonds is 1. The molecule has 2 nitrogen and oxygen atoms in total. The number of hydrogen-bond donors (Lipinski definition) is 0. The van der Waals surface area contributed by atoms with Crippen LogP contribution in [-0.4, -0.2) is 42.6 Å². The Kier molecular flexibility index (Phi) is 2.66. The average Bonchev–Trinajstić information content (AvgIpc) is 2.57. The summed E-state index contributed by atoms with van der Waals surface area (Å²) in [6, 6.07) is 0. The average molecular weight is 168 g/mol. The van der Waals surface area contributed by atoms with Gasteiger partial charge in [0.15, 0.2) is 0 Å². The molecule has 70 valence electrons. The third-order valence-corrected chi connectivity index (χ3v) is 3.29. The molecular formula is C10H20N2. The summed E-state index contributed by atoms with van der Waals surface area (Å²) in [6.07, 6.45) is 7.86. The molecule has 2 aliphatic heterocycles. The molecule has 0 aromatic heterocycles. The summed E-state index contributed by atoms with van der Waals surface area (Å²) in [6.45, 7) is 3.99. The number of piperidine rings is 1. The Labute approximate surface area is 75.5 Å². The first-order valence-electron chi connectivity index (χ1n) is 5.32. The second kappa shape index (κ2) is 3.75. The van der Waals surface area contributed by atoms with E-state index in [9.17, 15) is 0 Å². The molecule has 2 rings (SSSR count). The van der Waals surface area contributed by atoms with Gasteiger partial charge in [0, 0.05) is 0 Å². The van der Waals surface area contributed by atoms with Crippen molar-refractivity contribution in [3.8, 4) is 0 Å². The minimum atomic E-state index is 0.779. The number of hydrogen-bond acceptors (Lipinski definition) is 2. The van der Waals surface area contributed by atoms with Crippen LogP contribution in [0.2, 0.25) is 0 Å². The Morgan fingerprint density at radius 2 is 1.58 bits per heavy atom. The zero-order valence-electron chi connectivity index (χ0n) is 8.13. The first-order valence-corrected chi connectivity index (χ1v) is 5.32. The van der Waals surface area contributed by atoms with Crippen molar-refractivity contribution in [2.24, 2.45) is 0 Å². The first kappa shape index (κ1) is 8.52. The molecular weight excluding hydrogens is 148 g/mol. The lowest BCUT2D eigenvalue weighted by Crippen LogP contribution is -2.47. The van der Waals surface area contributed by atoms with Crippen molar-refractivity contribution in [2.45, 2.75) is 38.3 Å². The molecule has 0 amide bonds. The summed E-state index contributed by atoms with van der Waals surface area (Å²) in [7, 11) is 2.28. The maximum Gasteiger partial charge on any atom is 0.0619 e. The summed E-state index contributed by atoms with van der Waals surface area (Å²) in [5.74, 6) is 0. The van der Waals surface area contributed by atoms with Crippen LogP contribution in [0.15, 0.2) is 0 Å². The van der Waals surface area contributed by atoms with Crippen LogP contribution in [0.5, 0.6) is 0 Å². The van der Waals surface area contributed by atoms with Gasteiger partial charge in [0.25, 0.3) is 0 Å². The van der Waals surface area contributed by atoms with Gasteiger partial charge in [-0.1, -0.05) is 0 Å². The first-order chi connectivity index (χ1) is 5.88. The van der Waals surface area contributed by atoms with Crippen LogP contribution in [0.3, 0.4) is 0 Å². The molecule has 2 heteroatoms. The molecule has 2 aliphatic rings. The highest BCUT2D eigenvalue weighted by Gasteiger charge is 2.26. The van der Waals surface area contributed by atoms with Gasteiger partial charge in [0.2, 0.25) is 0 Å². The van der Waals surface area contributed by atoms with Crippen molar-refractivity contribution in [3.63, 3.8) is 0 Å². The van der Waals surface area contributed by atoms with E-state index in [1.54, 1.807) is 0 Å². The molecule has 0 saturated carbocycles. The fourth-order valence-corrected chi connectivity index (χ4v) is 2.56. The van der Waals surface area contributed by atoms with E-state index in [1.165, 1.54) is 51.7 Å². The van der Waals surface area contributed by atoms with Crippen LogP contribution < -0.4 is 0 Å². The van der Waals surface area contributed by atoms with Crippen molar-refractivity contribution in [3.05, 3.63) is 0 Å². The minimum absolute atomic E-state index is 0.779. The van der Waals surface area contributed by atoms with Gasteiger partial charge in [0.1, 0.15) is 0 Å². The van der Waals surface area contributed by atoms with Crippen LogP contribution in [-0.2, 0) is 0 Å². The molecule has 12 heavy (non-hydrogen) atoms. The highest BCUT2D eigenvalue weighted by atomic mass is 15.3. The summed E-state index contributed by atoms with van der Waals surface area (Å²) in [5, 5.41) is 0. The van der Waals surface area contributed by atoms with Crippen molar-refractivity contribution < 1.29 is 0 Å². The normalized spacial score (nSPS) is 34.2. The van der Waals surface area contributed by atoms with E-state index in [4.69, 9.17) is 0 Å². The van der Waals surface area contributed by atoms with Crippen LogP contribution in [0.25, 0.3) is 0 Å². The second-order valence-corrected chi connectivity index (χ2v) is 4.20. The number of nitrogens with zero attached hydrogens (tertiary/aromatic N) is 2. The van der Waals surface area contributed by atoms with E-state index in [2.05, 4.69) is 16.8 Å². The molecule has 0 N–H and O–H groups in total. The predicted octanol–water partition coefficient (Wildman–Crippen LogP) is 1.52. The summed E-state index contributed by atoms with van der Waals surface area (Å²) in [4.78, 5) is 5.20. The van der Waals surface area contributed by atoms with Gasteiger partial charge in [-0.25, -0.2) is 0 Å². The van der Waals surface area contributed by atoms with Gasteiger partial charge >= 0.3 is 0 Å². The largest absolute Gasteiger partial charge is 0.291 e. The summed E-state index contributed by atoms with van der Waals surface area (Å²) in [5.41, 5.74) is 0. The van der Waals surface area contributed by atoms with Gasteiger partial charge in [0.05, 0.1) is 6.17 Å². The SMILES string of the molecule is CN1CCCC[C@@H]1N1CCCC1. The molecule has 2 saturated heterocycles. The lowest BCUT2D eigenvalue weighted by molar-refractivity contribution is 0.0490. The number of likely N-dealkylation sites (tertiary alicyclic amines) is 2. The van der Waals surface area contributed by atoms with Crippen LogP contribution >= 0.6 is 0 Å². The molecule has 0 aromatic carbocycles. The third-order valence-electron chi connectivity index (χ3n) is 3.29. The smallest absolute Gasteiger partial charge is 0.0619 e. The fraction of sp³-hybridized carbons (Fsp3) is 1.00. The van der Waals surface area contributed by atoms with Crippen molar-refractivity contribution >= 4 is 0 Å². The molecule has 0 unspecified atom stereocenters. The zero-order valence-corrected chi connectivity index (χ0v) is 8.13. The van der Waals surface area contributed by atoms with Gasteiger partial charge in [-0.3, -0.25) is 9.80 Å². The van der Waals surface area contributed by atoms with Crippen LogP contribution in [0.1, 0.15) is 32.1 Å². The Morgan fingerprint density at radius 3 is 2.25 bits per heavy atom. The molecule has 2 fully saturated rings. The second-order valence-electron chi connectivity index (χ2n) is 4.20. The van der Waals surface area contributed by atoms with Crippen molar-refractivity contribution in [1.29, 1.82) is 0 Å². The molecule has 0 radical (unpaired) electrons. The van der Waals surface area contributed by atoms with Crippen LogP contribution in [0.4, 0.5) is 0 Å². The summed E-state index contributed by atoms with van der Waals surface area (Å²) >= 11 is 0. The van der Waals surface area contributed by atoms with E-state index in [0.29, 0.717) is 0 Å². The Hall–Kier alpha value is -0.0800. The Morgan fingerprint density at radius 1 is 0.917 bits per heavy atom. The minimum Gasteiger partial charge on any atom is -0.291 e. The van der Waals surface area contributed by atoms with E-state index < -0.39 is 0 Å².